The number of nitrogens with one attached hydrogen (secondary N) is 2. The lowest BCUT2D eigenvalue weighted by Gasteiger charge is -2.28. The molecule has 0 saturated heterocycles. The standard InChI is InChI=1S/C13H15F3N6O6S/c1-26-8-6-9(27-2)19-10(18-8)20-11(23)21-29(24,25)12-17-4-3-5-22(12)28-7-13(14,15)16/h3-6,12H,7H2,1-2H3,(H2,18,19,20,21,23). The van der Waals surface area contributed by atoms with Gasteiger partial charge in [-0.25, -0.2) is 28.0 Å². The normalized spacial score (nSPS) is 16.4. The quantitative estimate of drug-likeness (QED) is 0.623. The number of amides is 2. The number of ether oxygens (including phenoxy) is 2. The summed E-state index contributed by atoms with van der Waals surface area (Å²) >= 11 is 0. The van der Waals surface area contributed by atoms with Gasteiger partial charge < -0.3 is 9.47 Å². The van der Waals surface area contributed by atoms with Crippen molar-refractivity contribution in [2.45, 2.75) is 11.7 Å². The first-order chi connectivity index (χ1) is 13.5. The molecule has 1 aromatic rings. The number of carbonyl (C=O) groups is 1. The number of hydrogen-bond acceptors (Lipinski definition) is 10. The zero-order valence-electron chi connectivity index (χ0n) is 14.9. The maximum absolute atomic E-state index is 12.4. The second kappa shape index (κ2) is 8.91. The molecule has 2 heterocycles. The Hall–Kier alpha value is -3.14. The van der Waals surface area contributed by atoms with Crippen LogP contribution in [0.1, 0.15) is 0 Å². The third-order valence-corrected chi connectivity index (χ3v) is 4.32. The van der Waals surface area contributed by atoms with Crippen LogP contribution in [0.3, 0.4) is 0 Å². The molecule has 0 bridgehead atoms. The predicted molar refractivity (Wildman–Crippen MR) is 91.5 cm³/mol. The summed E-state index contributed by atoms with van der Waals surface area (Å²) in [4.78, 5) is 27.5. The summed E-state index contributed by atoms with van der Waals surface area (Å²) < 4.78 is 73.1. The number of rotatable bonds is 7. The number of aliphatic imine (C=N–C) groups is 1. The number of urea groups is 1. The Bertz CT molecular complexity index is 885. The molecule has 0 aromatic carbocycles. The van der Waals surface area contributed by atoms with Gasteiger partial charge in [-0.3, -0.25) is 10.2 Å². The molecule has 1 unspecified atom stereocenters. The summed E-state index contributed by atoms with van der Waals surface area (Å²) in [7, 11) is -2.06. The predicted octanol–water partition coefficient (Wildman–Crippen LogP) is 0.623. The largest absolute Gasteiger partial charge is 0.481 e. The number of allylic oxidation sites excluding steroid dienone is 1. The molecular formula is C13H15F3N6O6S. The average Bonchev–Trinajstić information content (AvgIpc) is 2.65. The maximum atomic E-state index is 12.4. The highest BCUT2D eigenvalue weighted by Gasteiger charge is 2.36. The van der Waals surface area contributed by atoms with Crippen LogP contribution in [0.25, 0.3) is 0 Å². The van der Waals surface area contributed by atoms with Crippen molar-refractivity contribution in [2.24, 2.45) is 4.99 Å². The average molecular weight is 440 g/mol. The van der Waals surface area contributed by atoms with Gasteiger partial charge in [-0.15, -0.1) is 0 Å². The summed E-state index contributed by atoms with van der Waals surface area (Å²) in [6, 6.07) is -0.000450. The number of hydroxylamine groups is 2. The van der Waals surface area contributed by atoms with E-state index in [1.807, 2.05) is 5.32 Å². The molecule has 1 aliphatic heterocycles. The number of aromatic nitrogens is 2. The first-order valence-corrected chi connectivity index (χ1v) is 9.06. The topological polar surface area (TPSA) is 144 Å². The molecule has 0 fully saturated rings. The fraction of sp³-hybridized carbons (Fsp3) is 0.385. The van der Waals surface area contributed by atoms with Gasteiger partial charge in [-0.1, -0.05) is 0 Å². The molecule has 2 N–H and O–H groups in total. The number of sulfonamides is 1. The van der Waals surface area contributed by atoms with Crippen molar-refractivity contribution in [3.8, 4) is 11.8 Å². The molecule has 0 radical (unpaired) electrons. The lowest BCUT2D eigenvalue weighted by atomic mass is 10.6. The third kappa shape index (κ3) is 6.46. The van der Waals surface area contributed by atoms with Crippen LogP contribution < -0.4 is 19.5 Å². The molecule has 1 atom stereocenters. The Morgan fingerprint density at radius 1 is 1.24 bits per heavy atom. The molecule has 0 saturated carbocycles. The third-order valence-electron chi connectivity index (χ3n) is 2.96. The van der Waals surface area contributed by atoms with Crippen molar-refractivity contribution in [1.29, 1.82) is 0 Å². The second-order valence-corrected chi connectivity index (χ2v) is 6.81. The van der Waals surface area contributed by atoms with Crippen LogP contribution in [-0.4, -0.2) is 68.2 Å². The molecule has 2 rings (SSSR count). The summed E-state index contributed by atoms with van der Waals surface area (Å²) in [5, 5.41) is 2.38. The molecule has 2 amide bonds. The fourth-order valence-corrected chi connectivity index (χ4v) is 2.89. The Morgan fingerprint density at radius 3 is 2.41 bits per heavy atom. The van der Waals surface area contributed by atoms with Crippen molar-refractivity contribution < 1.29 is 40.7 Å². The first-order valence-electron chi connectivity index (χ1n) is 7.52. The molecule has 1 aliphatic rings. The lowest BCUT2D eigenvalue weighted by molar-refractivity contribution is -0.239. The van der Waals surface area contributed by atoms with Crippen molar-refractivity contribution in [2.75, 3.05) is 26.1 Å². The monoisotopic (exact) mass is 440 g/mol. The molecular weight excluding hydrogens is 425 g/mol. The van der Waals surface area contributed by atoms with Crippen molar-refractivity contribution in [1.82, 2.24) is 19.8 Å². The number of hydrogen-bond donors (Lipinski definition) is 2. The summed E-state index contributed by atoms with van der Waals surface area (Å²) in [5.41, 5.74) is -1.98. The molecule has 16 heteroatoms. The van der Waals surface area contributed by atoms with Crippen LogP contribution >= 0.6 is 0 Å². The highest BCUT2D eigenvalue weighted by atomic mass is 32.2. The molecule has 160 valence electrons. The fourth-order valence-electron chi connectivity index (χ4n) is 1.84. The van der Waals surface area contributed by atoms with E-state index in [2.05, 4.69) is 19.8 Å². The number of methoxy groups -OCH3 is 2. The number of carbonyl (C=O) groups excluding carboxylic acids is 1. The Morgan fingerprint density at radius 2 is 1.86 bits per heavy atom. The van der Waals surface area contributed by atoms with Crippen LogP contribution in [0.5, 0.6) is 11.8 Å². The van der Waals surface area contributed by atoms with Crippen LogP contribution in [0.15, 0.2) is 23.3 Å². The molecule has 12 nitrogen and oxygen atoms in total. The van der Waals surface area contributed by atoms with E-state index in [1.54, 1.807) is 4.72 Å². The smallest absolute Gasteiger partial charge is 0.414 e. The van der Waals surface area contributed by atoms with Gasteiger partial charge in [0.2, 0.25) is 17.7 Å². The summed E-state index contributed by atoms with van der Waals surface area (Å²) in [5.74, 6) is -0.321. The van der Waals surface area contributed by atoms with E-state index in [0.29, 0.717) is 5.06 Å². The second-order valence-electron chi connectivity index (χ2n) is 5.09. The SMILES string of the molecule is COc1cc(OC)nc(NC(=O)NS(=O)(=O)C2N=CC=CN2OCC(F)(F)F)n1. The molecule has 0 aliphatic carbocycles. The van der Waals surface area contributed by atoms with Gasteiger partial charge in [0.15, 0.2) is 6.61 Å². The number of nitrogens with zero attached hydrogens (tertiary/aromatic N) is 4. The Kier molecular flexibility index (Phi) is 6.80. The molecule has 1 aromatic heterocycles. The van der Waals surface area contributed by atoms with E-state index in [-0.39, 0.29) is 17.7 Å². The van der Waals surface area contributed by atoms with Gasteiger partial charge >= 0.3 is 12.2 Å². The van der Waals surface area contributed by atoms with Gasteiger partial charge in [0.1, 0.15) is 0 Å². The van der Waals surface area contributed by atoms with Crippen molar-refractivity contribution in [3.05, 3.63) is 18.3 Å². The lowest BCUT2D eigenvalue weighted by Crippen LogP contribution is -2.48. The summed E-state index contributed by atoms with van der Waals surface area (Å²) in [6.45, 7) is -1.76. The van der Waals surface area contributed by atoms with Crippen LogP contribution in [0, 0.1) is 0 Å². The highest BCUT2D eigenvalue weighted by molar-refractivity contribution is 7.90. The van der Waals surface area contributed by atoms with Crippen molar-refractivity contribution in [3.63, 3.8) is 0 Å². The van der Waals surface area contributed by atoms with E-state index in [9.17, 15) is 26.4 Å². The van der Waals surface area contributed by atoms with E-state index in [1.165, 1.54) is 20.3 Å². The maximum Gasteiger partial charge on any atom is 0.414 e. The van der Waals surface area contributed by atoms with Gasteiger partial charge in [0, 0.05) is 12.4 Å². The number of anilines is 1. The van der Waals surface area contributed by atoms with Gasteiger partial charge in [-0.05, 0) is 6.08 Å². The Balaban J connectivity index is 2.10. The minimum Gasteiger partial charge on any atom is -0.481 e. The van der Waals surface area contributed by atoms with Crippen LogP contribution in [-0.2, 0) is 14.9 Å². The summed E-state index contributed by atoms with van der Waals surface area (Å²) in [6.07, 6.45) is -1.63. The van der Waals surface area contributed by atoms with E-state index in [4.69, 9.17) is 9.47 Å². The van der Waals surface area contributed by atoms with Crippen LogP contribution in [0.4, 0.5) is 23.9 Å². The van der Waals surface area contributed by atoms with E-state index in [0.717, 1.165) is 18.5 Å². The van der Waals surface area contributed by atoms with Gasteiger partial charge in [-0.2, -0.15) is 23.1 Å². The number of alkyl halides is 3. The van der Waals surface area contributed by atoms with E-state index >= 15 is 0 Å². The zero-order chi connectivity index (χ0) is 21.7. The Labute approximate surface area is 162 Å². The molecule has 0 spiro atoms. The van der Waals surface area contributed by atoms with Gasteiger partial charge in [0.05, 0.1) is 20.3 Å². The van der Waals surface area contributed by atoms with E-state index < -0.39 is 34.3 Å². The molecule has 29 heavy (non-hydrogen) atoms. The zero-order valence-corrected chi connectivity index (χ0v) is 15.7. The minimum atomic E-state index is -4.71. The highest BCUT2D eigenvalue weighted by Crippen LogP contribution is 2.20. The van der Waals surface area contributed by atoms with Crippen molar-refractivity contribution >= 4 is 28.2 Å². The minimum absolute atomic E-state index is 0.0174. The first kappa shape index (κ1) is 22.2. The van der Waals surface area contributed by atoms with Gasteiger partial charge in [0.25, 0.3) is 15.5 Å². The number of halogens is 3. The van der Waals surface area contributed by atoms with Crippen LogP contribution in [0.2, 0.25) is 0 Å².